The molecule has 0 aliphatic rings. The Hall–Kier alpha value is -4.53. The number of carbonyl (C=O) groups excluding carboxylic acids is 3. The molecule has 9 N–H and O–H groups in total. The highest BCUT2D eigenvalue weighted by molar-refractivity contribution is 5.95. The molecule has 0 radical (unpaired) electrons. The molecule has 1 aromatic carbocycles. The number of hydrogen-bond donors (Lipinski definition) is 8. The van der Waals surface area contributed by atoms with Gasteiger partial charge in [0.05, 0.1) is 12.5 Å². The first-order valence-electron chi connectivity index (χ1n) is 11.4. The van der Waals surface area contributed by atoms with Crippen molar-refractivity contribution < 1.29 is 54.0 Å². The summed E-state index contributed by atoms with van der Waals surface area (Å²) in [6.45, 7) is 0. The lowest BCUT2D eigenvalue weighted by molar-refractivity contribution is -0.143. The second-order valence-electron chi connectivity index (χ2n) is 8.28. The minimum atomic E-state index is -1.58. The third-order valence-corrected chi connectivity index (χ3v) is 5.19. The molecular formula is C23H30N4O11. The minimum absolute atomic E-state index is 0.137. The quantitative estimate of drug-likeness (QED) is 0.110. The van der Waals surface area contributed by atoms with Crippen LogP contribution in [0.15, 0.2) is 30.3 Å². The molecule has 38 heavy (non-hydrogen) atoms. The fourth-order valence-electron chi connectivity index (χ4n) is 3.23. The first-order valence-corrected chi connectivity index (χ1v) is 11.4. The van der Waals surface area contributed by atoms with Gasteiger partial charge in [0.2, 0.25) is 17.7 Å². The lowest BCUT2D eigenvalue weighted by Crippen LogP contribution is -2.57. The summed E-state index contributed by atoms with van der Waals surface area (Å²) in [6, 6.07) is 2.20. The van der Waals surface area contributed by atoms with E-state index in [1.165, 1.54) is 0 Å². The van der Waals surface area contributed by atoms with Crippen molar-refractivity contribution in [3.63, 3.8) is 0 Å². The molecule has 0 fully saturated rings. The van der Waals surface area contributed by atoms with Gasteiger partial charge in [-0.25, -0.2) is 4.79 Å². The fourth-order valence-corrected chi connectivity index (χ4v) is 3.23. The highest BCUT2D eigenvalue weighted by atomic mass is 16.4. The number of nitrogens with one attached hydrogen (secondary N) is 3. The molecule has 15 nitrogen and oxygen atoms in total. The number of carboxylic acids is 4. The number of aliphatic carboxylic acids is 4. The van der Waals surface area contributed by atoms with Gasteiger partial charge in [-0.3, -0.25) is 28.8 Å². The molecule has 0 spiro atoms. The van der Waals surface area contributed by atoms with Crippen LogP contribution in [0.25, 0.3) is 0 Å². The molecule has 0 aromatic heterocycles. The van der Waals surface area contributed by atoms with E-state index in [-0.39, 0.29) is 6.42 Å². The zero-order chi connectivity index (χ0) is 28.8. The first kappa shape index (κ1) is 31.5. The zero-order valence-electron chi connectivity index (χ0n) is 20.2. The maximum atomic E-state index is 13.0. The number of amides is 3. The SMILES string of the molecule is NC(CC(=O)O)C(=O)NC(CCC(=O)O)C(=O)NC(Cc1ccccc1)C(=O)NC(CCC(=O)O)C(=O)O. The van der Waals surface area contributed by atoms with E-state index in [0.717, 1.165) is 0 Å². The third kappa shape index (κ3) is 11.9. The smallest absolute Gasteiger partial charge is 0.326 e. The Labute approximate surface area is 216 Å². The van der Waals surface area contributed by atoms with Crippen molar-refractivity contribution in [1.29, 1.82) is 0 Å². The van der Waals surface area contributed by atoms with Gasteiger partial charge in [-0.15, -0.1) is 0 Å². The molecule has 15 heteroatoms. The second-order valence-corrected chi connectivity index (χ2v) is 8.28. The Morgan fingerprint density at radius 1 is 0.658 bits per heavy atom. The van der Waals surface area contributed by atoms with Crippen molar-refractivity contribution in [3.05, 3.63) is 35.9 Å². The van der Waals surface area contributed by atoms with Crippen LogP contribution in [0.4, 0.5) is 0 Å². The summed E-state index contributed by atoms with van der Waals surface area (Å²) in [4.78, 5) is 82.5. The van der Waals surface area contributed by atoms with Crippen LogP contribution in [0.5, 0.6) is 0 Å². The predicted octanol–water partition coefficient (Wildman–Crippen LogP) is -1.70. The first-order chi connectivity index (χ1) is 17.8. The van der Waals surface area contributed by atoms with Gasteiger partial charge in [0, 0.05) is 19.3 Å². The molecule has 0 bridgehead atoms. The predicted molar refractivity (Wildman–Crippen MR) is 128 cm³/mol. The largest absolute Gasteiger partial charge is 0.481 e. The van der Waals surface area contributed by atoms with Crippen molar-refractivity contribution >= 4 is 41.6 Å². The van der Waals surface area contributed by atoms with E-state index in [1.54, 1.807) is 30.3 Å². The van der Waals surface area contributed by atoms with Crippen LogP contribution in [0, 0.1) is 0 Å². The molecule has 0 saturated heterocycles. The molecule has 1 rings (SSSR count). The van der Waals surface area contributed by atoms with E-state index in [1.807, 2.05) is 0 Å². The summed E-state index contributed by atoms with van der Waals surface area (Å²) in [5.41, 5.74) is 6.06. The number of rotatable bonds is 17. The molecular weight excluding hydrogens is 508 g/mol. The summed E-state index contributed by atoms with van der Waals surface area (Å²) < 4.78 is 0. The number of carboxylic acid groups (broad SMARTS) is 4. The normalized spacial score (nSPS) is 13.7. The van der Waals surface area contributed by atoms with E-state index in [9.17, 15) is 38.7 Å². The van der Waals surface area contributed by atoms with Crippen LogP contribution < -0.4 is 21.7 Å². The lowest BCUT2D eigenvalue weighted by atomic mass is 10.0. The zero-order valence-corrected chi connectivity index (χ0v) is 20.2. The van der Waals surface area contributed by atoms with Gasteiger partial charge in [-0.2, -0.15) is 0 Å². The Morgan fingerprint density at radius 3 is 1.63 bits per heavy atom. The van der Waals surface area contributed by atoms with E-state index >= 15 is 0 Å². The summed E-state index contributed by atoms with van der Waals surface area (Å²) >= 11 is 0. The standard InChI is InChI=1S/C23H30N4O11/c24-13(11-19(32)33)20(34)25-14(6-8-17(28)29)21(35)27-16(10-12-4-2-1-3-5-12)22(36)26-15(23(37)38)7-9-18(30)31/h1-5,13-16H,6-11,24H2,(H,25,34)(H,26,36)(H,27,35)(H,28,29)(H,30,31)(H,32,33)(H,37,38). The number of carbonyl (C=O) groups is 7. The average Bonchev–Trinajstić information content (AvgIpc) is 2.83. The molecule has 0 aliphatic carbocycles. The molecule has 4 atom stereocenters. The molecule has 208 valence electrons. The maximum absolute atomic E-state index is 13.0. The molecule has 1 aromatic rings. The van der Waals surface area contributed by atoms with E-state index in [2.05, 4.69) is 16.0 Å². The van der Waals surface area contributed by atoms with Crippen molar-refractivity contribution in [2.24, 2.45) is 5.73 Å². The van der Waals surface area contributed by atoms with E-state index < -0.39 is 97.9 Å². The van der Waals surface area contributed by atoms with Gasteiger partial charge in [0.1, 0.15) is 18.1 Å². The van der Waals surface area contributed by atoms with E-state index in [0.29, 0.717) is 5.56 Å². The topological polar surface area (TPSA) is 263 Å². The second kappa shape index (κ2) is 15.6. The fraction of sp³-hybridized carbons (Fsp3) is 0.435. The molecule has 4 unspecified atom stereocenters. The Kier molecular flexibility index (Phi) is 12.9. The van der Waals surface area contributed by atoms with Gasteiger partial charge < -0.3 is 42.1 Å². The Balaban J connectivity index is 3.15. The summed E-state index contributed by atoms with van der Waals surface area (Å²) in [5, 5.41) is 42.7. The van der Waals surface area contributed by atoms with Crippen molar-refractivity contribution in [1.82, 2.24) is 16.0 Å². The van der Waals surface area contributed by atoms with Gasteiger partial charge >= 0.3 is 23.9 Å². The highest BCUT2D eigenvalue weighted by Gasteiger charge is 2.31. The van der Waals surface area contributed by atoms with Crippen LogP contribution in [0.3, 0.4) is 0 Å². The number of benzene rings is 1. The van der Waals surface area contributed by atoms with Crippen LogP contribution in [-0.2, 0) is 40.0 Å². The Bertz CT molecular complexity index is 1030. The Morgan fingerprint density at radius 2 is 1.13 bits per heavy atom. The van der Waals surface area contributed by atoms with Gasteiger partial charge in [-0.1, -0.05) is 30.3 Å². The summed E-state index contributed by atoms with van der Waals surface area (Å²) in [7, 11) is 0. The number of hydrogen-bond acceptors (Lipinski definition) is 8. The third-order valence-electron chi connectivity index (χ3n) is 5.19. The van der Waals surface area contributed by atoms with Crippen LogP contribution >= 0.6 is 0 Å². The van der Waals surface area contributed by atoms with Gasteiger partial charge in [0.15, 0.2) is 0 Å². The molecule has 3 amide bonds. The molecule has 0 heterocycles. The van der Waals surface area contributed by atoms with Gasteiger partial charge in [0.25, 0.3) is 0 Å². The minimum Gasteiger partial charge on any atom is -0.481 e. The van der Waals surface area contributed by atoms with Crippen LogP contribution in [0.2, 0.25) is 0 Å². The van der Waals surface area contributed by atoms with Gasteiger partial charge in [-0.05, 0) is 18.4 Å². The van der Waals surface area contributed by atoms with E-state index in [4.69, 9.17) is 21.1 Å². The highest BCUT2D eigenvalue weighted by Crippen LogP contribution is 2.08. The summed E-state index contributed by atoms with van der Waals surface area (Å²) in [5.74, 6) is -8.47. The number of nitrogens with two attached hydrogens (primary N) is 1. The lowest BCUT2D eigenvalue weighted by Gasteiger charge is -2.25. The monoisotopic (exact) mass is 538 g/mol. The van der Waals surface area contributed by atoms with Crippen molar-refractivity contribution in [2.45, 2.75) is 62.7 Å². The molecule has 0 saturated carbocycles. The molecule has 0 aliphatic heterocycles. The van der Waals surface area contributed by atoms with Crippen LogP contribution in [0.1, 0.15) is 37.7 Å². The summed E-state index contributed by atoms with van der Waals surface area (Å²) in [6.07, 6.45) is -2.87. The average molecular weight is 539 g/mol. The van der Waals surface area contributed by atoms with Crippen LogP contribution in [-0.4, -0.2) is 86.2 Å². The van der Waals surface area contributed by atoms with Crippen molar-refractivity contribution in [2.75, 3.05) is 0 Å². The van der Waals surface area contributed by atoms with Crippen molar-refractivity contribution in [3.8, 4) is 0 Å². The maximum Gasteiger partial charge on any atom is 0.326 e.